The van der Waals surface area contributed by atoms with Gasteiger partial charge in [-0.2, -0.15) is 8.42 Å². The molecule has 0 aromatic rings. The molecule has 0 rings (SSSR count). The molecule has 2 atom stereocenters. The van der Waals surface area contributed by atoms with Gasteiger partial charge in [0.05, 0.1) is 30.8 Å². The molecule has 276 valence electrons. The van der Waals surface area contributed by atoms with Crippen LogP contribution in [0.4, 0.5) is 0 Å². The molecule has 0 bridgehead atoms. The molecule has 0 aliphatic carbocycles. The molecule has 0 aromatic carbocycles. The topological polar surface area (TPSA) is 213 Å². The van der Waals surface area contributed by atoms with Gasteiger partial charge in [0.25, 0.3) is 10.1 Å². The fourth-order valence-corrected chi connectivity index (χ4v) is 5.76. The highest BCUT2D eigenvalue weighted by Gasteiger charge is 2.24. The largest absolute Gasteiger partial charge is 0.481 e. The molecule has 14 nitrogen and oxygen atoms in total. The molecule has 0 aliphatic rings. The molecule has 2 amide bonds. The highest BCUT2D eigenvalue weighted by Crippen LogP contribution is 2.11. The van der Waals surface area contributed by atoms with Crippen LogP contribution >= 0.6 is 0 Å². The van der Waals surface area contributed by atoms with Crippen molar-refractivity contribution in [2.75, 3.05) is 51.6 Å². The third-order valence-corrected chi connectivity index (χ3v) is 8.54. The maximum Gasteiger partial charge on any atom is 0.303 e. The van der Waals surface area contributed by atoms with Crippen molar-refractivity contribution in [2.45, 2.75) is 129 Å². The van der Waals surface area contributed by atoms with E-state index in [-0.39, 0.29) is 58.4 Å². The van der Waals surface area contributed by atoms with Crippen molar-refractivity contribution < 1.29 is 52.6 Å². The number of hydrogen-bond donors (Lipinski definition) is 5. The van der Waals surface area contributed by atoms with Crippen LogP contribution in [0.5, 0.6) is 0 Å². The minimum absolute atomic E-state index is 0.135. The van der Waals surface area contributed by atoms with Crippen LogP contribution in [0.1, 0.15) is 117 Å². The molecule has 47 heavy (non-hydrogen) atoms. The Kier molecular flexibility index (Phi) is 25.3. The highest BCUT2D eigenvalue weighted by atomic mass is 32.2. The summed E-state index contributed by atoms with van der Waals surface area (Å²) in [7, 11) is -4.38. The average Bonchev–Trinajstić information content (AvgIpc) is 2.99. The second kappa shape index (κ2) is 26.6. The van der Waals surface area contributed by atoms with E-state index in [2.05, 4.69) is 13.8 Å². The van der Waals surface area contributed by atoms with Gasteiger partial charge in [0.2, 0.25) is 11.8 Å². The molecular weight excluding hydrogens is 634 g/mol. The van der Waals surface area contributed by atoms with Crippen molar-refractivity contribution in [1.82, 2.24) is 14.7 Å². The number of carbonyl (C=O) groups excluding carboxylic acids is 2. The number of aliphatic hydroxyl groups excluding tert-OH is 2. The number of rotatable bonds is 31. The molecule has 0 aromatic heterocycles. The van der Waals surface area contributed by atoms with Crippen molar-refractivity contribution in [2.24, 2.45) is 0 Å². The second-order valence-electron chi connectivity index (χ2n) is 12.4. The Bertz CT molecular complexity index is 937. The maximum absolute atomic E-state index is 12.8. The number of carboxylic acid groups (broad SMARTS) is 2. The fraction of sp³-hybridized carbons (Fsp3) is 0.875. The average molecular weight is 696 g/mol. The van der Waals surface area contributed by atoms with Gasteiger partial charge >= 0.3 is 11.9 Å². The van der Waals surface area contributed by atoms with E-state index >= 15 is 0 Å². The first-order valence-electron chi connectivity index (χ1n) is 17.2. The summed E-state index contributed by atoms with van der Waals surface area (Å²) < 4.78 is 32.4. The van der Waals surface area contributed by atoms with E-state index in [4.69, 9.17) is 10.2 Å². The van der Waals surface area contributed by atoms with E-state index in [0.717, 1.165) is 64.2 Å². The Hall–Kier alpha value is -2.33. The molecule has 0 spiro atoms. The zero-order valence-corrected chi connectivity index (χ0v) is 29.4. The maximum atomic E-state index is 12.8. The van der Waals surface area contributed by atoms with E-state index in [9.17, 15) is 42.4 Å². The smallest absolute Gasteiger partial charge is 0.303 e. The van der Waals surface area contributed by atoms with Gasteiger partial charge < -0.3 is 30.2 Å². The van der Waals surface area contributed by atoms with Crippen molar-refractivity contribution in [3.05, 3.63) is 0 Å². The minimum Gasteiger partial charge on any atom is -0.481 e. The minimum atomic E-state index is -4.38. The summed E-state index contributed by atoms with van der Waals surface area (Å²) in [5.74, 6) is -3.75. The Balaban J connectivity index is 5.53. The van der Waals surface area contributed by atoms with Crippen LogP contribution in [0.15, 0.2) is 0 Å². The highest BCUT2D eigenvalue weighted by molar-refractivity contribution is 7.85. The van der Waals surface area contributed by atoms with Crippen LogP contribution in [0, 0.1) is 0 Å². The number of hydrogen-bond acceptors (Lipinski definition) is 9. The van der Waals surface area contributed by atoms with Crippen molar-refractivity contribution in [3.63, 3.8) is 0 Å². The molecule has 0 heterocycles. The summed E-state index contributed by atoms with van der Waals surface area (Å²) in [6.07, 6.45) is 8.06. The van der Waals surface area contributed by atoms with E-state index in [0.29, 0.717) is 25.9 Å². The van der Waals surface area contributed by atoms with Gasteiger partial charge in [-0.25, -0.2) is 0 Å². The van der Waals surface area contributed by atoms with Crippen LogP contribution in [-0.2, 0) is 29.3 Å². The van der Waals surface area contributed by atoms with Gasteiger partial charge in [0.1, 0.15) is 0 Å². The first kappa shape index (κ1) is 44.7. The van der Waals surface area contributed by atoms with E-state index in [1.165, 1.54) is 14.7 Å². The number of aliphatic hydroxyl groups is 2. The van der Waals surface area contributed by atoms with E-state index in [1.54, 1.807) is 0 Å². The molecular formula is C32H61N3O11S. The van der Waals surface area contributed by atoms with E-state index < -0.39 is 51.8 Å². The number of aliphatic carboxylic acids is 2. The van der Waals surface area contributed by atoms with Crippen molar-refractivity contribution >= 4 is 33.9 Å². The van der Waals surface area contributed by atoms with Gasteiger partial charge in [0, 0.05) is 58.7 Å². The first-order valence-corrected chi connectivity index (χ1v) is 18.8. The number of unbranched alkanes of at least 4 members (excludes halogenated alkanes) is 10. The SMILES string of the molecule is CCCCCCCCN(CC(O)CN(CCS(=O)(=O)O)CC(O)CN(CCCCCCCC)C(=O)CCC(=O)O)C(=O)CCC(=O)O. The van der Waals surface area contributed by atoms with Crippen LogP contribution in [0.25, 0.3) is 0 Å². The molecule has 5 N–H and O–H groups in total. The van der Waals surface area contributed by atoms with Gasteiger partial charge in [-0.05, 0) is 12.8 Å². The normalized spacial score (nSPS) is 13.0. The second-order valence-corrected chi connectivity index (χ2v) is 13.9. The van der Waals surface area contributed by atoms with Crippen molar-refractivity contribution in [3.8, 4) is 0 Å². The summed E-state index contributed by atoms with van der Waals surface area (Å²) in [6, 6.07) is 0. The van der Waals surface area contributed by atoms with Crippen LogP contribution in [0.3, 0.4) is 0 Å². The molecule has 0 radical (unpaired) electrons. The van der Waals surface area contributed by atoms with Gasteiger partial charge in [-0.15, -0.1) is 0 Å². The first-order chi connectivity index (χ1) is 22.2. The standard InChI is InChI=1S/C32H61N3O11S/c1-3-5-7-9-11-13-19-34(29(38)15-17-31(40)41)25-27(36)23-33(21-22-47(44,45)46)24-28(37)26-35(30(39)16-18-32(42)43)20-14-12-10-8-6-4-2/h27-28,36-37H,3-26H2,1-2H3,(H,40,41)(H,42,43)(H,44,45,46). The van der Waals surface area contributed by atoms with Crippen LogP contribution < -0.4 is 0 Å². The number of carboxylic acids is 2. The molecule has 0 aliphatic heterocycles. The lowest BCUT2D eigenvalue weighted by atomic mass is 10.1. The van der Waals surface area contributed by atoms with Gasteiger partial charge in [0.15, 0.2) is 0 Å². The molecule has 15 heteroatoms. The van der Waals surface area contributed by atoms with Gasteiger partial charge in [-0.3, -0.25) is 28.6 Å². The summed E-state index contributed by atoms with van der Waals surface area (Å²) in [5.41, 5.74) is 0. The monoisotopic (exact) mass is 695 g/mol. The van der Waals surface area contributed by atoms with Crippen molar-refractivity contribution in [1.29, 1.82) is 0 Å². The Morgan fingerprint density at radius 1 is 0.553 bits per heavy atom. The summed E-state index contributed by atoms with van der Waals surface area (Å²) in [6.45, 7) is 4.00. The summed E-state index contributed by atoms with van der Waals surface area (Å²) >= 11 is 0. The Morgan fingerprint density at radius 3 is 1.26 bits per heavy atom. The lowest BCUT2D eigenvalue weighted by Gasteiger charge is -2.32. The number of amides is 2. The molecule has 0 saturated heterocycles. The Labute approximate surface area is 281 Å². The molecule has 2 unspecified atom stereocenters. The lowest BCUT2D eigenvalue weighted by molar-refractivity contribution is -0.141. The fourth-order valence-electron chi connectivity index (χ4n) is 5.27. The zero-order valence-electron chi connectivity index (χ0n) is 28.6. The summed E-state index contributed by atoms with van der Waals surface area (Å²) in [4.78, 5) is 52.0. The number of nitrogens with zero attached hydrogens (tertiary/aromatic N) is 3. The molecule has 0 saturated carbocycles. The third kappa shape index (κ3) is 26.3. The van der Waals surface area contributed by atoms with Gasteiger partial charge in [-0.1, -0.05) is 78.1 Å². The Morgan fingerprint density at radius 2 is 0.915 bits per heavy atom. The quantitative estimate of drug-likeness (QED) is 0.0523. The predicted molar refractivity (Wildman–Crippen MR) is 179 cm³/mol. The third-order valence-electron chi connectivity index (χ3n) is 7.84. The lowest BCUT2D eigenvalue weighted by Crippen LogP contribution is -2.48. The number of carbonyl (C=O) groups is 4. The zero-order chi connectivity index (χ0) is 35.7. The predicted octanol–water partition coefficient (Wildman–Crippen LogP) is 3.01. The van der Waals surface area contributed by atoms with Crippen LogP contribution in [-0.4, -0.2) is 136 Å². The van der Waals surface area contributed by atoms with Crippen LogP contribution in [0.2, 0.25) is 0 Å². The van der Waals surface area contributed by atoms with E-state index in [1.807, 2.05) is 0 Å². The molecule has 0 fully saturated rings. The summed E-state index contributed by atoms with van der Waals surface area (Å²) in [5, 5.41) is 40.0.